The lowest BCUT2D eigenvalue weighted by Crippen LogP contribution is -2.37. The molecule has 0 aliphatic carbocycles. The molecule has 1 aliphatic heterocycles. The molecule has 1 aromatic rings. The van der Waals surface area contributed by atoms with Gasteiger partial charge in [-0.15, -0.1) is 12.6 Å². The highest BCUT2D eigenvalue weighted by Crippen LogP contribution is 2.18. The molecule has 1 saturated heterocycles. The second kappa shape index (κ2) is 6.25. The smallest absolute Gasteiger partial charge is 0.255 e. The van der Waals surface area contributed by atoms with Crippen LogP contribution in [-0.4, -0.2) is 36.6 Å². The molecular formula is C14H19NO2S. The number of amides is 1. The average Bonchev–Trinajstić information content (AvgIpc) is 2.88. The van der Waals surface area contributed by atoms with Crippen LogP contribution in [0.15, 0.2) is 29.2 Å². The van der Waals surface area contributed by atoms with E-state index in [4.69, 9.17) is 4.74 Å². The lowest BCUT2D eigenvalue weighted by Gasteiger charge is -2.24. The van der Waals surface area contributed by atoms with E-state index in [9.17, 15) is 4.79 Å². The molecule has 98 valence electrons. The third kappa shape index (κ3) is 3.06. The average molecular weight is 265 g/mol. The van der Waals surface area contributed by atoms with Gasteiger partial charge >= 0.3 is 0 Å². The summed E-state index contributed by atoms with van der Waals surface area (Å²) in [5.41, 5.74) is 0.667. The third-order valence-electron chi connectivity index (χ3n) is 3.25. The Morgan fingerprint density at radius 1 is 1.50 bits per heavy atom. The number of nitrogens with zero attached hydrogens (tertiary/aromatic N) is 1. The molecule has 4 heteroatoms. The van der Waals surface area contributed by atoms with Gasteiger partial charge in [0.15, 0.2) is 0 Å². The Hall–Kier alpha value is -1.00. The highest BCUT2D eigenvalue weighted by atomic mass is 32.1. The number of carbonyl (C=O) groups excluding carboxylic acids is 1. The predicted octanol–water partition coefficient (Wildman–Crippen LogP) is 2.62. The van der Waals surface area contributed by atoms with Crippen LogP contribution >= 0.6 is 12.6 Å². The molecule has 1 fully saturated rings. The fourth-order valence-corrected chi connectivity index (χ4v) is 2.47. The van der Waals surface area contributed by atoms with Gasteiger partial charge in [-0.05, 0) is 31.9 Å². The van der Waals surface area contributed by atoms with Crippen molar-refractivity contribution in [2.45, 2.75) is 30.8 Å². The van der Waals surface area contributed by atoms with Crippen LogP contribution in [-0.2, 0) is 4.74 Å². The Bertz CT molecular complexity index is 416. The number of carbonyl (C=O) groups is 1. The SMILES string of the molecule is CCN(CC1CCCO1)C(=O)c1ccccc1S. The van der Waals surface area contributed by atoms with Gasteiger partial charge in [0.05, 0.1) is 11.7 Å². The summed E-state index contributed by atoms with van der Waals surface area (Å²) >= 11 is 4.34. The van der Waals surface area contributed by atoms with Crippen molar-refractivity contribution in [3.8, 4) is 0 Å². The minimum Gasteiger partial charge on any atom is -0.376 e. The van der Waals surface area contributed by atoms with Gasteiger partial charge in [0.2, 0.25) is 0 Å². The molecule has 1 aliphatic rings. The molecule has 1 unspecified atom stereocenters. The van der Waals surface area contributed by atoms with Crippen LogP contribution in [0.3, 0.4) is 0 Å². The van der Waals surface area contributed by atoms with Gasteiger partial charge in [-0.1, -0.05) is 12.1 Å². The van der Waals surface area contributed by atoms with E-state index in [2.05, 4.69) is 12.6 Å². The fraction of sp³-hybridized carbons (Fsp3) is 0.500. The van der Waals surface area contributed by atoms with Gasteiger partial charge in [0.25, 0.3) is 5.91 Å². The Balaban J connectivity index is 2.07. The zero-order valence-electron chi connectivity index (χ0n) is 10.6. The van der Waals surface area contributed by atoms with Crippen molar-refractivity contribution in [3.63, 3.8) is 0 Å². The summed E-state index contributed by atoms with van der Waals surface area (Å²) in [4.78, 5) is 15.0. The van der Waals surface area contributed by atoms with Crippen molar-refractivity contribution in [3.05, 3.63) is 29.8 Å². The van der Waals surface area contributed by atoms with Gasteiger partial charge < -0.3 is 9.64 Å². The van der Waals surface area contributed by atoms with E-state index in [1.807, 2.05) is 36.1 Å². The Morgan fingerprint density at radius 2 is 2.28 bits per heavy atom. The molecule has 18 heavy (non-hydrogen) atoms. The molecule has 0 bridgehead atoms. The first kappa shape index (κ1) is 13.4. The van der Waals surface area contributed by atoms with E-state index in [-0.39, 0.29) is 12.0 Å². The highest BCUT2D eigenvalue weighted by Gasteiger charge is 2.23. The maximum absolute atomic E-state index is 12.4. The monoisotopic (exact) mass is 265 g/mol. The number of rotatable bonds is 4. The van der Waals surface area contributed by atoms with Gasteiger partial charge in [0.1, 0.15) is 0 Å². The van der Waals surface area contributed by atoms with E-state index in [0.717, 1.165) is 24.3 Å². The molecule has 0 saturated carbocycles. The largest absolute Gasteiger partial charge is 0.376 e. The summed E-state index contributed by atoms with van der Waals surface area (Å²) in [7, 11) is 0. The molecule has 0 aromatic heterocycles. The quantitative estimate of drug-likeness (QED) is 0.848. The Labute approximate surface area is 114 Å². The van der Waals surface area contributed by atoms with Crippen LogP contribution in [0.5, 0.6) is 0 Å². The molecule has 3 nitrogen and oxygen atoms in total. The van der Waals surface area contributed by atoms with Crippen molar-refractivity contribution in [2.24, 2.45) is 0 Å². The summed E-state index contributed by atoms with van der Waals surface area (Å²) in [6, 6.07) is 7.42. The third-order valence-corrected chi connectivity index (χ3v) is 3.64. The maximum atomic E-state index is 12.4. The summed E-state index contributed by atoms with van der Waals surface area (Å²) in [6.07, 6.45) is 2.34. The number of thiol groups is 1. The number of ether oxygens (including phenoxy) is 1. The number of likely N-dealkylation sites (N-methyl/N-ethyl adjacent to an activating group) is 1. The Morgan fingerprint density at radius 3 is 2.89 bits per heavy atom. The molecule has 1 heterocycles. The van der Waals surface area contributed by atoms with E-state index < -0.39 is 0 Å². The molecule has 0 N–H and O–H groups in total. The molecule has 0 spiro atoms. The zero-order valence-corrected chi connectivity index (χ0v) is 11.5. The topological polar surface area (TPSA) is 29.5 Å². The predicted molar refractivity (Wildman–Crippen MR) is 74.2 cm³/mol. The first-order chi connectivity index (χ1) is 8.72. The van der Waals surface area contributed by atoms with E-state index >= 15 is 0 Å². The normalized spacial score (nSPS) is 18.9. The van der Waals surface area contributed by atoms with Crippen LogP contribution in [0.1, 0.15) is 30.1 Å². The van der Waals surface area contributed by atoms with Crippen molar-refractivity contribution in [2.75, 3.05) is 19.7 Å². The first-order valence-corrected chi connectivity index (χ1v) is 6.86. The summed E-state index contributed by atoms with van der Waals surface area (Å²) in [5.74, 6) is 0.0404. The van der Waals surface area contributed by atoms with Crippen LogP contribution in [0.4, 0.5) is 0 Å². The van der Waals surface area contributed by atoms with Crippen molar-refractivity contribution in [1.29, 1.82) is 0 Å². The van der Waals surface area contributed by atoms with Gasteiger partial charge in [-0.2, -0.15) is 0 Å². The first-order valence-electron chi connectivity index (χ1n) is 6.41. The van der Waals surface area contributed by atoms with E-state index in [0.29, 0.717) is 18.7 Å². The molecule has 1 aromatic carbocycles. The second-order valence-corrected chi connectivity index (χ2v) is 4.98. The highest BCUT2D eigenvalue weighted by molar-refractivity contribution is 7.80. The standard InChI is InChI=1S/C14H19NO2S/c1-2-15(10-11-6-5-9-17-11)14(16)12-7-3-4-8-13(12)18/h3-4,7-8,11,18H,2,5-6,9-10H2,1H3. The van der Waals surface area contributed by atoms with Crippen molar-refractivity contribution >= 4 is 18.5 Å². The number of benzene rings is 1. The van der Waals surface area contributed by atoms with Crippen molar-refractivity contribution in [1.82, 2.24) is 4.90 Å². The summed E-state index contributed by atoms with van der Waals surface area (Å²) in [6.45, 7) is 4.19. The molecule has 2 rings (SSSR count). The minimum atomic E-state index is 0.0404. The van der Waals surface area contributed by atoms with Gasteiger partial charge in [-0.25, -0.2) is 0 Å². The van der Waals surface area contributed by atoms with Crippen LogP contribution in [0.2, 0.25) is 0 Å². The minimum absolute atomic E-state index is 0.0404. The summed E-state index contributed by atoms with van der Waals surface area (Å²) < 4.78 is 5.59. The molecular weight excluding hydrogens is 246 g/mol. The maximum Gasteiger partial charge on any atom is 0.255 e. The summed E-state index contributed by atoms with van der Waals surface area (Å²) in [5, 5.41) is 0. The molecule has 1 amide bonds. The lowest BCUT2D eigenvalue weighted by molar-refractivity contribution is 0.0536. The number of hydrogen-bond acceptors (Lipinski definition) is 3. The van der Waals surface area contributed by atoms with Gasteiger partial charge in [0, 0.05) is 24.6 Å². The van der Waals surface area contributed by atoms with Crippen LogP contribution < -0.4 is 0 Å². The van der Waals surface area contributed by atoms with Gasteiger partial charge in [-0.3, -0.25) is 4.79 Å². The van der Waals surface area contributed by atoms with E-state index in [1.54, 1.807) is 0 Å². The number of hydrogen-bond donors (Lipinski definition) is 1. The second-order valence-electron chi connectivity index (χ2n) is 4.50. The lowest BCUT2D eigenvalue weighted by atomic mass is 10.1. The van der Waals surface area contributed by atoms with Crippen LogP contribution in [0.25, 0.3) is 0 Å². The van der Waals surface area contributed by atoms with E-state index in [1.165, 1.54) is 0 Å². The van der Waals surface area contributed by atoms with Crippen molar-refractivity contribution < 1.29 is 9.53 Å². The fourth-order valence-electron chi connectivity index (χ4n) is 2.21. The van der Waals surface area contributed by atoms with Crippen LogP contribution in [0, 0.1) is 0 Å². The molecule has 0 radical (unpaired) electrons. The molecule has 1 atom stereocenters. The Kier molecular flexibility index (Phi) is 4.66. The zero-order chi connectivity index (χ0) is 13.0.